The van der Waals surface area contributed by atoms with Crippen LogP contribution in [0.4, 0.5) is 4.79 Å². The molecule has 5 nitrogen and oxygen atoms in total. The summed E-state index contributed by atoms with van der Waals surface area (Å²) < 4.78 is 5.22. The smallest absolute Gasteiger partial charge is 0.317 e. The molecular formula is C10H19N3O2. The lowest BCUT2D eigenvalue weighted by Gasteiger charge is -2.19. The highest BCUT2D eigenvalue weighted by molar-refractivity contribution is 5.75. The third-order valence-electron chi connectivity index (χ3n) is 3.14. The molecule has 2 heterocycles. The summed E-state index contributed by atoms with van der Waals surface area (Å²) in [6, 6.07) is 0.727. The third kappa shape index (κ3) is 2.60. The van der Waals surface area contributed by atoms with E-state index in [0.717, 1.165) is 32.5 Å². The summed E-state index contributed by atoms with van der Waals surface area (Å²) in [5, 5.41) is 6.20. The van der Waals surface area contributed by atoms with E-state index >= 15 is 0 Å². The van der Waals surface area contributed by atoms with Crippen molar-refractivity contribution in [2.45, 2.75) is 24.9 Å². The fraction of sp³-hybridized carbons (Fsp3) is 0.900. The summed E-state index contributed by atoms with van der Waals surface area (Å²) >= 11 is 0. The molecule has 2 amide bonds. The molecule has 2 N–H and O–H groups in total. The van der Waals surface area contributed by atoms with Gasteiger partial charge >= 0.3 is 6.03 Å². The first-order valence-corrected chi connectivity index (χ1v) is 5.60. The number of likely N-dealkylation sites (N-methyl/N-ethyl adjacent to an activating group) is 1. The number of hydrogen-bond acceptors (Lipinski definition) is 3. The third-order valence-corrected chi connectivity index (χ3v) is 3.14. The average molecular weight is 213 g/mol. The molecule has 2 atom stereocenters. The van der Waals surface area contributed by atoms with Crippen molar-refractivity contribution < 1.29 is 9.53 Å². The van der Waals surface area contributed by atoms with Crippen molar-refractivity contribution in [3.05, 3.63) is 0 Å². The standard InChI is InChI=1S/C10H19N3O2/c1-11-8-2-4-13(6-8)10(14)12-9-3-5-15-7-9/h8-9,11H,2-7H2,1H3,(H,12,14). The van der Waals surface area contributed by atoms with Gasteiger partial charge in [-0.1, -0.05) is 0 Å². The van der Waals surface area contributed by atoms with Crippen molar-refractivity contribution >= 4 is 6.03 Å². The first-order valence-electron chi connectivity index (χ1n) is 5.60. The highest BCUT2D eigenvalue weighted by Crippen LogP contribution is 2.10. The molecule has 0 bridgehead atoms. The molecule has 2 saturated heterocycles. The Balaban J connectivity index is 1.76. The van der Waals surface area contributed by atoms with E-state index in [4.69, 9.17) is 4.74 Å². The number of carbonyl (C=O) groups excluding carboxylic acids is 1. The molecule has 0 spiro atoms. The van der Waals surface area contributed by atoms with Gasteiger partial charge in [0.15, 0.2) is 0 Å². The predicted molar refractivity (Wildman–Crippen MR) is 56.8 cm³/mol. The fourth-order valence-corrected chi connectivity index (χ4v) is 2.09. The van der Waals surface area contributed by atoms with Crippen LogP contribution in [0.1, 0.15) is 12.8 Å². The second-order valence-corrected chi connectivity index (χ2v) is 4.23. The average Bonchev–Trinajstić information content (AvgIpc) is 2.86. The summed E-state index contributed by atoms with van der Waals surface area (Å²) in [6.07, 6.45) is 1.99. The number of hydrogen-bond donors (Lipinski definition) is 2. The van der Waals surface area contributed by atoms with Gasteiger partial charge in [0.05, 0.1) is 12.6 Å². The molecule has 15 heavy (non-hydrogen) atoms. The molecule has 0 saturated carbocycles. The van der Waals surface area contributed by atoms with E-state index in [1.165, 1.54) is 0 Å². The zero-order valence-electron chi connectivity index (χ0n) is 9.16. The molecule has 2 fully saturated rings. The van der Waals surface area contributed by atoms with Crippen LogP contribution in [-0.4, -0.2) is 56.4 Å². The van der Waals surface area contributed by atoms with Crippen molar-refractivity contribution in [3.8, 4) is 0 Å². The van der Waals surface area contributed by atoms with Crippen LogP contribution in [0.3, 0.4) is 0 Å². The van der Waals surface area contributed by atoms with Crippen LogP contribution in [0.2, 0.25) is 0 Å². The minimum Gasteiger partial charge on any atom is -0.379 e. The Kier molecular flexibility index (Phi) is 3.43. The highest BCUT2D eigenvalue weighted by Gasteiger charge is 2.27. The summed E-state index contributed by atoms with van der Waals surface area (Å²) in [4.78, 5) is 13.7. The largest absolute Gasteiger partial charge is 0.379 e. The summed E-state index contributed by atoms with van der Waals surface area (Å²) in [6.45, 7) is 3.10. The van der Waals surface area contributed by atoms with Crippen LogP contribution in [-0.2, 0) is 4.74 Å². The Labute approximate surface area is 90.1 Å². The molecule has 0 radical (unpaired) electrons. The topological polar surface area (TPSA) is 53.6 Å². The van der Waals surface area contributed by atoms with Crippen LogP contribution >= 0.6 is 0 Å². The molecule has 0 aromatic heterocycles. The van der Waals surface area contributed by atoms with Gasteiger partial charge in [0.2, 0.25) is 0 Å². The molecule has 5 heteroatoms. The molecule has 0 aliphatic carbocycles. The number of nitrogens with one attached hydrogen (secondary N) is 2. The van der Waals surface area contributed by atoms with E-state index in [1.807, 2.05) is 11.9 Å². The Bertz CT molecular complexity index is 229. The number of ether oxygens (including phenoxy) is 1. The number of amides is 2. The van der Waals surface area contributed by atoms with Gasteiger partial charge < -0.3 is 20.3 Å². The minimum absolute atomic E-state index is 0.0586. The van der Waals surface area contributed by atoms with Crippen LogP contribution < -0.4 is 10.6 Å². The molecule has 2 aliphatic heterocycles. The van der Waals surface area contributed by atoms with E-state index < -0.39 is 0 Å². The van der Waals surface area contributed by atoms with E-state index in [2.05, 4.69) is 10.6 Å². The molecule has 0 aromatic carbocycles. The Hall–Kier alpha value is -0.810. The molecule has 2 unspecified atom stereocenters. The number of likely N-dealkylation sites (tertiary alicyclic amines) is 1. The van der Waals surface area contributed by atoms with Gasteiger partial charge in [0, 0.05) is 25.7 Å². The van der Waals surface area contributed by atoms with E-state index in [1.54, 1.807) is 0 Å². The summed E-state index contributed by atoms with van der Waals surface area (Å²) in [5.74, 6) is 0. The summed E-state index contributed by atoms with van der Waals surface area (Å²) in [5.41, 5.74) is 0. The lowest BCUT2D eigenvalue weighted by Crippen LogP contribution is -2.45. The number of carbonyl (C=O) groups is 1. The van der Waals surface area contributed by atoms with E-state index in [-0.39, 0.29) is 12.1 Å². The maximum atomic E-state index is 11.8. The van der Waals surface area contributed by atoms with E-state index in [9.17, 15) is 4.79 Å². The Morgan fingerprint density at radius 1 is 1.40 bits per heavy atom. The molecule has 2 rings (SSSR count). The summed E-state index contributed by atoms with van der Waals surface area (Å²) in [7, 11) is 1.94. The van der Waals surface area contributed by atoms with Crippen LogP contribution in [0, 0.1) is 0 Å². The highest BCUT2D eigenvalue weighted by atomic mass is 16.5. The van der Waals surface area contributed by atoms with Gasteiger partial charge in [0.25, 0.3) is 0 Å². The van der Waals surface area contributed by atoms with Gasteiger partial charge in [-0.05, 0) is 19.9 Å². The van der Waals surface area contributed by atoms with Crippen LogP contribution in [0.5, 0.6) is 0 Å². The molecule has 86 valence electrons. The van der Waals surface area contributed by atoms with Gasteiger partial charge in [-0.2, -0.15) is 0 Å². The lowest BCUT2D eigenvalue weighted by atomic mass is 10.3. The quantitative estimate of drug-likeness (QED) is 0.666. The first kappa shape index (κ1) is 10.7. The van der Waals surface area contributed by atoms with Crippen molar-refractivity contribution in [1.29, 1.82) is 0 Å². The van der Waals surface area contributed by atoms with Crippen molar-refractivity contribution in [2.24, 2.45) is 0 Å². The maximum Gasteiger partial charge on any atom is 0.317 e. The van der Waals surface area contributed by atoms with Crippen molar-refractivity contribution in [1.82, 2.24) is 15.5 Å². The Morgan fingerprint density at radius 3 is 2.87 bits per heavy atom. The molecule has 2 aliphatic rings. The number of rotatable bonds is 2. The van der Waals surface area contributed by atoms with Crippen LogP contribution in [0.15, 0.2) is 0 Å². The SMILES string of the molecule is CNC1CCN(C(=O)NC2CCOC2)C1. The minimum atomic E-state index is 0.0586. The van der Waals surface area contributed by atoms with Crippen molar-refractivity contribution in [3.63, 3.8) is 0 Å². The molecular weight excluding hydrogens is 194 g/mol. The second-order valence-electron chi connectivity index (χ2n) is 4.23. The maximum absolute atomic E-state index is 11.8. The zero-order chi connectivity index (χ0) is 10.7. The normalized spacial score (nSPS) is 30.9. The van der Waals surface area contributed by atoms with Gasteiger partial charge in [-0.25, -0.2) is 4.79 Å². The van der Waals surface area contributed by atoms with Gasteiger partial charge in [-0.15, -0.1) is 0 Å². The van der Waals surface area contributed by atoms with E-state index in [0.29, 0.717) is 12.6 Å². The Morgan fingerprint density at radius 2 is 2.27 bits per heavy atom. The van der Waals surface area contributed by atoms with Crippen molar-refractivity contribution in [2.75, 3.05) is 33.4 Å². The zero-order valence-corrected chi connectivity index (χ0v) is 9.16. The first-order chi connectivity index (χ1) is 7.29. The second kappa shape index (κ2) is 4.81. The molecule has 0 aromatic rings. The van der Waals surface area contributed by atoms with Gasteiger partial charge in [0.1, 0.15) is 0 Å². The lowest BCUT2D eigenvalue weighted by molar-refractivity contribution is 0.181. The number of urea groups is 1. The van der Waals surface area contributed by atoms with Gasteiger partial charge in [-0.3, -0.25) is 0 Å². The monoisotopic (exact) mass is 213 g/mol. The number of nitrogens with zero attached hydrogens (tertiary/aromatic N) is 1. The van der Waals surface area contributed by atoms with Crippen LogP contribution in [0.25, 0.3) is 0 Å². The fourth-order valence-electron chi connectivity index (χ4n) is 2.09. The predicted octanol–water partition coefficient (Wildman–Crippen LogP) is -0.221.